The molecule has 1 saturated carbocycles. The fraction of sp³-hybridized carbons (Fsp3) is 0.333. The summed E-state index contributed by atoms with van der Waals surface area (Å²) >= 11 is 5.97. The lowest BCUT2D eigenvalue weighted by Crippen LogP contribution is -2.51. The Kier molecular flexibility index (Phi) is 4.01. The third-order valence-corrected chi connectivity index (χ3v) is 4.99. The lowest BCUT2D eigenvalue weighted by Gasteiger charge is -2.47. The molecule has 2 N–H and O–H groups in total. The van der Waals surface area contributed by atoms with E-state index in [0.29, 0.717) is 17.0 Å². The van der Waals surface area contributed by atoms with Crippen LogP contribution in [0.3, 0.4) is 0 Å². The molecule has 3 rings (SSSR count). The number of nitrogens with two attached hydrogens (primary N) is 1. The third-order valence-electron chi connectivity index (χ3n) is 4.75. The predicted octanol–water partition coefficient (Wildman–Crippen LogP) is 4.47. The van der Waals surface area contributed by atoms with Crippen molar-refractivity contribution < 1.29 is 4.39 Å². The largest absolute Gasteiger partial charge is 0.327 e. The monoisotopic (exact) mass is 303 g/mol. The maximum absolute atomic E-state index is 13.9. The summed E-state index contributed by atoms with van der Waals surface area (Å²) in [6.07, 6.45) is 3.84. The normalized spacial score (nSPS) is 18.0. The summed E-state index contributed by atoms with van der Waals surface area (Å²) in [4.78, 5) is 0. The second kappa shape index (κ2) is 5.78. The minimum absolute atomic E-state index is 0.0178. The van der Waals surface area contributed by atoms with Gasteiger partial charge in [0, 0.05) is 16.5 Å². The van der Waals surface area contributed by atoms with Crippen LogP contribution in [0, 0.1) is 5.82 Å². The minimum Gasteiger partial charge on any atom is -0.327 e. The van der Waals surface area contributed by atoms with Crippen molar-refractivity contribution in [2.75, 3.05) is 0 Å². The second-order valence-electron chi connectivity index (χ2n) is 5.92. The summed E-state index contributed by atoms with van der Waals surface area (Å²) in [6, 6.07) is 14.9. The van der Waals surface area contributed by atoms with Gasteiger partial charge >= 0.3 is 0 Å². The van der Waals surface area contributed by atoms with Crippen molar-refractivity contribution in [2.45, 2.75) is 37.1 Å². The number of halogens is 2. The van der Waals surface area contributed by atoms with E-state index < -0.39 is 0 Å². The van der Waals surface area contributed by atoms with Gasteiger partial charge in [-0.15, -0.1) is 0 Å². The van der Waals surface area contributed by atoms with Crippen molar-refractivity contribution in [1.82, 2.24) is 0 Å². The van der Waals surface area contributed by atoms with E-state index in [4.69, 9.17) is 17.3 Å². The Morgan fingerprint density at radius 1 is 1.14 bits per heavy atom. The maximum atomic E-state index is 13.9. The van der Waals surface area contributed by atoms with E-state index in [-0.39, 0.29) is 17.3 Å². The molecule has 0 aliphatic heterocycles. The number of hydrogen-bond donors (Lipinski definition) is 1. The molecule has 2 aromatic rings. The molecule has 110 valence electrons. The molecule has 1 nitrogen and oxygen atoms in total. The quantitative estimate of drug-likeness (QED) is 0.886. The Hall–Kier alpha value is -1.38. The second-order valence-corrected chi connectivity index (χ2v) is 6.36. The van der Waals surface area contributed by atoms with Gasteiger partial charge < -0.3 is 5.73 Å². The van der Waals surface area contributed by atoms with E-state index in [1.165, 1.54) is 18.1 Å². The Labute approximate surface area is 129 Å². The van der Waals surface area contributed by atoms with Gasteiger partial charge in [0.15, 0.2) is 0 Å². The van der Waals surface area contributed by atoms with Gasteiger partial charge in [0.2, 0.25) is 0 Å². The van der Waals surface area contributed by atoms with E-state index in [0.717, 1.165) is 12.8 Å². The molecule has 2 aromatic carbocycles. The molecule has 1 fully saturated rings. The summed E-state index contributed by atoms with van der Waals surface area (Å²) in [5, 5.41) is 0.556. The van der Waals surface area contributed by atoms with Crippen molar-refractivity contribution in [3.63, 3.8) is 0 Å². The van der Waals surface area contributed by atoms with E-state index in [1.807, 2.05) is 18.2 Å². The Balaban J connectivity index is 1.87. The molecule has 0 bridgehead atoms. The van der Waals surface area contributed by atoms with Gasteiger partial charge in [-0.25, -0.2) is 4.39 Å². The zero-order chi connectivity index (χ0) is 14.9. The molecule has 1 aliphatic carbocycles. The standard InChI is InChI=1S/C18H19ClFN/c19-15-7-8-16(20)13(11-15)12-17(21)18(9-4-10-18)14-5-2-1-3-6-14/h1-3,5-8,11,17H,4,9-10,12,21H2. The predicted molar refractivity (Wildman–Crippen MR) is 85.1 cm³/mol. The molecule has 0 radical (unpaired) electrons. The number of benzene rings is 2. The van der Waals surface area contributed by atoms with Gasteiger partial charge in [-0.2, -0.15) is 0 Å². The zero-order valence-corrected chi connectivity index (χ0v) is 12.6. The molecule has 1 unspecified atom stereocenters. The van der Waals surface area contributed by atoms with E-state index >= 15 is 0 Å². The van der Waals surface area contributed by atoms with E-state index in [9.17, 15) is 4.39 Å². The van der Waals surface area contributed by atoms with Crippen LogP contribution in [0.25, 0.3) is 0 Å². The third kappa shape index (κ3) is 2.70. The minimum atomic E-state index is -0.225. The summed E-state index contributed by atoms with van der Waals surface area (Å²) in [6.45, 7) is 0. The van der Waals surface area contributed by atoms with Crippen molar-refractivity contribution >= 4 is 11.6 Å². The molecular formula is C18H19ClFN. The smallest absolute Gasteiger partial charge is 0.126 e. The highest BCUT2D eigenvalue weighted by molar-refractivity contribution is 6.30. The SMILES string of the molecule is NC(Cc1cc(Cl)ccc1F)C1(c2ccccc2)CCC1. The first kappa shape index (κ1) is 14.6. The zero-order valence-electron chi connectivity index (χ0n) is 11.9. The number of rotatable bonds is 4. The lowest BCUT2D eigenvalue weighted by molar-refractivity contribution is 0.193. The Morgan fingerprint density at radius 2 is 1.86 bits per heavy atom. The first-order valence-corrected chi connectivity index (χ1v) is 7.75. The van der Waals surface area contributed by atoms with Crippen LogP contribution in [0.2, 0.25) is 5.02 Å². The number of hydrogen-bond acceptors (Lipinski definition) is 1. The molecule has 1 aliphatic rings. The topological polar surface area (TPSA) is 26.0 Å². The molecule has 0 amide bonds. The van der Waals surface area contributed by atoms with Crippen LogP contribution in [-0.4, -0.2) is 6.04 Å². The van der Waals surface area contributed by atoms with Crippen LogP contribution in [0.15, 0.2) is 48.5 Å². The van der Waals surface area contributed by atoms with Crippen molar-refractivity contribution in [2.24, 2.45) is 5.73 Å². The molecule has 3 heteroatoms. The summed E-state index contributed by atoms with van der Waals surface area (Å²) in [7, 11) is 0. The summed E-state index contributed by atoms with van der Waals surface area (Å²) < 4.78 is 13.9. The van der Waals surface area contributed by atoms with Gasteiger partial charge in [-0.05, 0) is 48.6 Å². The van der Waals surface area contributed by atoms with Crippen molar-refractivity contribution in [3.8, 4) is 0 Å². The van der Waals surface area contributed by atoms with E-state index in [2.05, 4.69) is 12.1 Å². The van der Waals surface area contributed by atoms with Crippen LogP contribution >= 0.6 is 11.6 Å². The molecule has 1 atom stereocenters. The average molecular weight is 304 g/mol. The van der Waals surface area contributed by atoms with Gasteiger partial charge in [-0.3, -0.25) is 0 Å². The average Bonchev–Trinajstić information content (AvgIpc) is 2.43. The van der Waals surface area contributed by atoms with Crippen molar-refractivity contribution in [1.29, 1.82) is 0 Å². The van der Waals surface area contributed by atoms with Crippen LogP contribution in [-0.2, 0) is 11.8 Å². The highest BCUT2D eigenvalue weighted by atomic mass is 35.5. The molecule has 0 saturated heterocycles. The molecule has 21 heavy (non-hydrogen) atoms. The molecular weight excluding hydrogens is 285 g/mol. The molecule has 0 heterocycles. The van der Waals surface area contributed by atoms with Gasteiger partial charge in [0.25, 0.3) is 0 Å². The van der Waals surface area contributed by atoms with Crippen LogP contribution in [0.4, 0.5) is 4.39 Å². The first-order chi connectivity index (χ1) is 10.1. The van der Waals surface area contributed by atoms with Gasteiger partial charge in [0.05, 0.1) is 0 Å². The summed E-state index contributed by atoms with van der Waals surface area (Å²) in [5.41, 5.74) is 8.35. The van der Waals surface area contributed by atoms with E-state index in [1.54, 1.807) is 12.1 Å². The molecule has 0 aromatic heterocycles. The Bertz CT molecular complexity index is 622. The van der Waals surface area contributed by atoms with Crippen LogP contribution in [0.1, 0.15) is 30.4 Å². The highest BCUT2D eigenvalue weighted by Gasteiger charge is 2.43. The van der Waals surface area contributed by atoms with Gasteiger partial charge in [0.1, 0.15) is 5.82 Å². The lowest BCUT2D eigenvalue weighted by atomic mass is 9.59. The fourth-order valence-corrected chi connectivity index (χ4v) is 3.53. The fourth-order valence-electron chi connectivity index (χ4n) is 3.33. The highest BCUT2D eigenvalue weighted by Crippen LogP contribution is 2.46. The summed E-state index contributed by atoms with van der Waals surface area (Å²) in [5.74, 6) is -0.225. The van der Waals surface area contributed by atoms with Crippen molar-refractivity contribution in [3.05, 3.63) is 70.5 Å². The molecule has 0 spiro atoms. The van der Waals surface area contributed by atoms with Gasteiger partial charge in [-0.1, -0.05) is 48.4 Å². The first-order valence-electron chi connectivity index (χ1n) is 7.37. The van der Waals surface area contributed by atoms with Crippen LogP contribution < -0.4 is 5.73 Å². The Morgan fingerprint density at radius 3 is 2.48 bits per heavy atom. The maximum Gasteiger partial charge on any atom is 0.126 e. The van der Waals surface area contributed by atoms with Crippen LogP contribution in [0.5, 0.6) is 0 Å².